The molecule has 0 unspecified atom stereocenters. The Balaban J connectivity index is 1.15. The van der Waals surface area contributed by atoms with Gasteiger partial charge in [-0.15, -0.1) is 6.42 Å². The van der Waals surface area contributed by atoms with E-state index < -0.39 is 6.97 Å². The van der Waals surface area contributed by atoms with E-state index in [0.717, 1.165) is 74.5 Å². The van der Waals surface area contributed by atoms with Gasteiger partial charge in [0.2, 0.25) is 0 Å². The molecule has 1 aromatic carbocycles. The fraction of sp³-hybridized carbons (Fsp3) is 0.533. The largest absolute Gasteiger partial charge is 0.737 e. The predicted molar refractivity (Wildman–Crippen MR) is 197 cm³/mol. The molecule has 0 amide bonds. The van der Waals surface area contributed by atoms with E-state index in [1.807, 2.05) is 52.0 Å². The Morgan fingerprint density at radius 3 is 1.70 bits per heavy atom. The number of fused-ring (bicyclic) bond motifs is 2. The Kier molecular flexibility index (Phi) is 6.46. The van der Waals surface area contributed by atoms with E-state index in [9.17, 15) is 0 Å². The fourth-order valence-corrected chi connectivity index (χ4v) is 13.6. The number of hydrogen-bond donors (Lipinski definition) is 0. The third-order valence-corrected chi connectivity index (χ3v) is 14.8. The molecule has 0 spiro atoms. The van der Waals surface area contributed by atoms with Gasteiger partial charge in [-0.05, 0) is 157 Å². The van der Waals surface area contributed by atoms with Crippen LogP contribution in [-0.2, 0) is 0 Å². The van der Waals surface area contributed by atoms with Crippen molar-refractivity contribution in [1.29, 1.82) is 0 Å². The van der Waals surface area contributed by atoms with Gasteiger partial charge in [0.25, 0.3) is 0 Å². The van der Waals surface area contributed by atoms with Gasteiger partial charge in [0.05, 0.1) is 11.1 Å². The monoisotopic (exact) mass is 664 g/mol. The smallest absolute Gasteiger partial charge is 0.392 e. The number of rotatable bonds is 1. The Morgan fingerprint density at radius 2 is 1.22 bits per heavy atom. The first-order chi connectivity index (χ1) is 24.0. The van der Waals surface area contributed by atoms with Crippen molar-refractivity contribution >= 4 is 18.3 Å². The van der Waals surface area contributed by atoms with Gasteiger partial charge in [0, 0.05) is 45.8 Å². The maximum absolute atomic E-state index is 17.5. The number of allylic oxidation sites excluding steroid dienone is 2. The van der Waals surface area contributed by atoms with Crippen LogP contribution in [0.2, 0.25) is 0 Å². The van der Waals surface area contributed by atoms with Crippen LogP contribution in [0.15, 0.2) is 41.1 Å². The number of terminal acetylenes is 1. The first kappa shape index (κ1) is 31.0. The lowest BCUT2D eigenvalue weighted by Crippen LogP contribution is -2.51. The number of hydrogen-bond acceptors (Lipinski definition) is 0. The summed E-state index contributed by atoms with van der Waals surface area (Å²) in [4.78, 5) is 0. The fourth-order valence-electron chi connectivity index (χ4n) is 13.6. The first-order valence-corrected chi connectivity index (χ1v) is 19.4. The van der Waals surface area contributed by atoms with E-state index >= 15 is 8.63 Å². The van der Waals surface area contributed by atoms with Crippen LogP contribution in [0.3, 0.4) is 0 Å². The van der Waals surface area contributed by atoms with Crippen LogP contribution >= 0.6 is 0 Å². The molecule has 254 valence electrons. The SMILES string of the molecule is C#Cc1ccc(C2=C3C(C)=C(C#CC45CC6CC(CC(C6)C4)C5)C(C)=[N+]3[B-](F)(F)n3c(C)c(C#CC45CC6CC(CC(C6)C4)C5)c(C)c32)cc1. The zero-order chi connectivity index (χ0) is 34.3. The molecule has 1 aromatic heterocycles. The summed E-state index contributed by atoms with van der Waals surface area (Å²) in [6, 6.07) is 7.85. The molecule has 12 rings (SSSR count). The highest BCUT2D eigenvalue weighted by atomic mass is 19.2. The summed E-state index contributed by atoms with van der Waals surface area (Å²) >= 11 is 0. The second-order valence-corrected chi connectivity index (χ2v) is 18.2. The van der Waals surface area contributed by atoms with E-state index in [1.54, 1.807) is 0 Å². The number of halogens is 2. The molecule has 8 saturated carbocycles. The summed E-state index contributed by atoms with van der Waals surface area (Å²) in [5.74, 6) is 22.2. The van der Waals surface area contributed by atoms with Crippen molar-refractivity contribution in [3.05, 3.63) is 74.8 Å². The van der Waals surface area contributed by atoms with Crippen LogP contribution in [0, 0.1) is 96.2 Å². The van der Waals surface area contributed by atoms with Gasteiger partial charge in [-0.25, -0.2) is 0 Å². The standard InChI is InChI=1S/C45H47BF2N2/c1-6-31-7-9-38(10-8-31)41-42-27(2)39(11-13-44-21-32-15-33(22-44)17-34(16-32)23-44)29(4)49(42)46(47,48)50-30(5)40(28(3)43(41)50)12-14-45-24-35-18-36(25-45)20-37(19-35)26-45/h1,7-10,32-37H,15-26H2,2-5H3. The van der Waals surface area contributed by atoms with Crippen LogP contribution < -0.4 is 0 Å². The summed E-state index contributed by atoms with van der Waals surface area (Å²) in [7, 11) is 0. The minimum absolute atomic E-state index is 0.0457. The summed E-state index contributed by atoms with van der Waals surface area (Å²) < 4.78 is 37.6. The summed E-state index contributed by atoms with van der Waals surface area (Å²) in [6.45, 7) is 3.54. The quantitative estimate of drug-likeness (QED) is 0.212. The third-order valence-electron chi connectivity index (χ3n) is 14.8. The Hall–Kier alpha value is -3.75. The number of benzene rings is 1. The lowest BCUT2D eigenvalue weighted by atomic mass is 9.50. The van der Waals surface area contributed by atoms with E-state index in [0.29, 0.717) is 22.8 Å². The Labute approximate surface area is 296 Å². The van der Waals surface area contributed by atoms with E-state index in [-0.39, 0.29) is 10.8 Å². The molecule has 2 nitrogen and oxygen atoms in total. The van der Waals surface area contributed by atoms with Gasteiger partial charge in [0.1, 0.15) is 5.71 Å². The molecule has 8 bridgehead atoms. The lowest BCUT2D eigenvalue weighted by molar-refractivity contribution is -0.363. The minimum Gasteiger partial charge on any atom is -0.392 e. The van der Waals surface area contributed by atoms with Gasteiger partial charge < -0.3 is 17.6 Å². The Morgan fingerprint density at radius 1 is 0.740 bits per heavy atom. The van der Waals surface area contributed by atoms with E-state index in [1.165, 1.54) is 86.0 Å². The van der Waals surface area contributed by atoms with Crippen LogP contribution in [-0.4, -0.2) is 21.6 Å². The normalized spacial score (nSPS) is 36.6. The average Bonchev–Trinajstić information content (AvgIpc) is 3.46. The highest BCUT2D eigenvalue weighted by Crippen LogP contribution is 2.61. The molecule has 50 heavy (non-hydrogen) atoms. The van der Waals surface area contributed by atoms with E-state index in [4.69, 9.17) is 6.42 Å². The number of nitrogens with zero attached hydrogens (tertiary/aromatic N) is 2. The highest BCUT2D eigenvalue weighted by molar-refractivity contribution is 6.58. The van der Waals surface area contributed by atoms with Crippen LogP contribution in [0.25, 0.3) is 5.57 Å². The van der Waals surface area contributed by atoms with Gasteiger partial charge >= 0.3 is 6.97 Å². The van der Waals surface area contributed by atoms with Crippen molar-refractivity contribution < 1.29 is 13.1 Å². The van der Waals surface area contributed by atoms with Crippen molar-refractivity contribution in [3.63, 3.8) is 0 Å². The average molecular weight is 665 g/mol. The molecular weight excluding hydrogens is 617 g/mol. The van der Waals surface area contributed by atoms with Gasteiger partial charge in [-0.1, -0.05) is 41.7 Å². The maximum atomic E-state index is 17.5. The highest BCUT2D eigenvalue weighted by Gasteiger charge is 2.57. The first-order valence-electron chi connectivity index (χ1n) is 19.4. The molecular formula is C45H47BF2N2. The molecule has 8 fully saturated rings. The summed E-state index contributed by atoms with van der Waals surface area (Å²) in [6.07, 6.45) is 20.9. The second kappa shape index (κ2) is 10.4. The van der Waals surface area contributed by atoms with Crippen molar-refractivity contribution in [2.24, 2.45) is 46.3 Å². The number of aromatic nitrogens is 1. The molecule has 0 radical (unpaired) electrons. The molecule has 2 aromatic rings. The Bertz CT molecular complexity index is 2090. The van der Waals surface area contributed by atoms with Crippen LogP contribution in [0.4, 0.5) is 8.63 Å². The molecule has 10 aliphatic rings. The molecule has 0 atom stereocenters. The van der Waals surface area contributed by atoms with Crippen molar-refractivity contribution in [1.82, 2.24) is 4.48 Å². The van der Waals surface area contributed by atoms with Gasteiger partial charge in [0.15, 0.2) is 5.70 Å². The maximum Gasteiger partial charge on any atom is 0.737 e. The van der Waals surface area contributed by atoms with Crippen LogP contribution in [0.5, 0.6) is 0 Å². The van der Waals surface area contributed by atoms with Crippen molar-refractivity contribution in [2.75, 3.05) is 0 Å². The molecule has 5 heteroatoms. The van der Waals surface area contributed by atoms with Crippen LogP contribution in [0.1, 0.15) is 125 Å². The zero-order valence-corrected chi connectivity index (χ0v) is 30.1. The molecule has 0 N–H and O–H groups in total. The molecule has 0 saturated heterocycles. The predicted octanol–water partition coefficient (Wildman–Crippen LogP) is 9.67. The second-order valence-electron chi connectivity index (χ2n) is 18.2. The zero-order valence-electron chi connectivity index (χ0n) is 30.1. The minimum atomic E-state index is -4.21. The molecule has 8 aliphatic carbocycles. The van der Waals surface area contributed by atoms with Crippen molar-refractivity contribution in [3.8, 4) is 36.0 Å². The molecule has 3 heterocycles. The molecule has 2 aliphatic heterocycles. The van der Waals surface area contributed by atoms with E-state index in [2.05, 4.69) is 29.6 Å². The lowest BCUT2D eigenvalue weighted by Gasteiger charge is -2.54. The van der Waals surface area contributed by atoms with Crippen molar-refractivity contribution in [2.45, 2.75) is 105 Å². The van der Waals surface area contributed by atoms with Gasteiger partial charge in [-0.3, -0.25) is 0 Å². The summed E-state index contributed by atoms with van der Waals surface area (Å²) in [5, 5.41) is 0. The third kappa shape index (κ3) is 4.33. The summed E-state index contributed by atoms with van der Waals surface area (Å²) in [5.41, 5.74) is 8.14. The topological polar surface area (TPSA) is 7.94 Å². The van der Waals surface area contributed by atoms with Gasteiger partial charge in [-0.2, -0.15) is 0 Å².